The van der Waals surface area contributed by atoms with Crippen LogP contribution in [0.1, 0.15) is 85.0 Å². The van der Waals surface area contributed by atoms with Crippen LogP contribution >= 0.6 is 0 Å². The fourth-order valence-electron chi connectivity index (χ4n) is 8.15. The maximum atomic E-state index is 10.3. The molecule has 0 saturated heterocycles. The molecule has 9 atom stereocenters. The third kappa shape index (κ3) is 2.52. The summed E-state index contributed by atoms with van der Waals surface area (Å²) in [6.45, 7) is 6.99. The van der Waals surface area contributed by atoms with Gasteiger partial charge in [0.1, 0.15) is 0 Å². The van der Waals surface area contributed by atoms with Gasteiger partial charge in [-0.15, -0.1) is 0 Å². The highest BCUT2D eigenvalue weighted by Gasteiger charge is 2.57. The van der Waals surface area contributed by atoms with Gasteiger partial charge >= 0.3 is 0 Å². The zero-order valence-electron chi connectivity index (χ0n) is 15.6. The topological polar surface area (TPSA) is 20.2 Å². The highest BCUT2D eigenvalue weighted by molar-refractivity contribution is 5.06. The van der Waals surface area contributed by atoms with Gasteiger partial charge in [-0.05, 0) is 105 Å². The van der Waals surface area contributed by atoms with Crippen LogP contribution < -0.4 is 0 Å². The molecule has 0 aromatic carbocycles. The number of fused-ring (bicyclic) bond motifs is 5. The molecular formula is C22H38O. The molecule has 0 aliphatic heterocycles. The van der Waals surface area contributed by atoms with Gasteiger partial charge in [0.25, 0.3) is 0 Å². The number of aliphatic hydroxyl groups excluding tert-OH is 1. The van der Waals surface area contributed by atoms with E-state index >= 15 is 0 Å². The first kappa shape index (κ1) is 16.4. The van der Waals surface area contributed by atoms with Crippen LogP contribution in [0.5, 0.6) is 0 Å². The van der Waals surface area contributed by atoms with E-state index in [9.17, 15) is 5.11 Å². The molecule has 4 saturated carbocycles. The Kier molecular flexibility index (Phi) is 4.32. The summed E-state index contributed by atoms with van der Waals surface area (Å²) in [7, 11) is 0. The zero-order valence-corrected chi connectivity index (χ0v) is 15.6. The van der Waals surface area contributed by atoms with Crippen LogP contribution in [0.2, 0.25) is 0 Å². The smallest absolute Gasteiger partial charge is 0.0545 e. The second kappa shape index (κ2) is 6.04. The maximum absolute atomic E-state index is 10.3. The van der Waals surface area contributed by atoms with Crippen molar-refractivity contribution in [3.05, 3.63) is 0 Å². The van der Waals surface area contributed by atoms with E-state index in [1.165, 1.54) is 57.8 Å². The average Bonchev–Trinajstić information content (AvgIpc) is 2.91. The Morgan fingerprint density at radius 2 is 1.74 bits per heavy atom. The van der Waals surface area contributed by atoms with Gasteiger partial charge in [-0.1, -0.05) is 26.7 Å². The molecule has 1 heteroatoms. The van der Waals surface area contributed by atoms with Gasteiger partial charge in [-0.3, -0.25) is 0 Å². The van der Waals surface area contributed by atoms with Gasteiger partial charge in [0, 0.05) is 0 Å². The van der Waals surface area contributed by atoms with Crippen molar-refractivity contribution in [1.82, 2.24) is 0 Å². The average molecular weight is 319 g/mol. The van der Waals surface area contributed by atoms with Crippen molar-refractivity contribution < 1.29 is 5.11 Å². The van der Waals surface area contributed by atoms with E-state index < -0.39 is 0 Å². The molecule has 0 spiro atoms. The third-order valence-corrected chi connectivity index (χ3v) is 9.30. The van der Waals surface area contributed by atoms with E-state index in [-0.39, 0.29) is 6.10 Å². The molecular weight excluding hydrogens is 280 g/mol. The molecule has 0 aromatic heterocycles. The molecule has 0 radical (unpaired) electrons. The van der Waals surface area contributed by atoms with Crippen molar-refractivity contribution in [2.75, 3.05) is 0 Å². The number of rotatable bonds is 2. The van der Waals surface area contributed by atoms with Crippen LogP contribution in [0.3, 0.4) is 0 Å². The molecule has 0 bridgehead atoms. The summed E-state index contributed by atoms with van der Waals surface area (Å²) < 4.78 is 0. The van der Waals surface area contributed by atoms with Crippen LogP contribution in [0.25, 0.3) is 0 Å². The van der Waals surface area contributed by atoms with Crippen molar-refractivity contribution >= 4 is 0 Å². The quantitative estimate of drug-likeness (QED) is 0.696. The molecule has 132 valence electrons. The Balaban J connectivity index is 1.52. The Morgan fingerprint density at radius 1 is 0.957 bits per heavy atom. The van der Waals surface area contributed by atoms with Crippen molar-refractivity contribution in [3.8, 4) is 0 Å². The van der Waals surface area contributed by atoms with Crippen LogP contribution in [0.15, 0.2) is 0 Å². The van der Waals surface area contributed by atoms with Crippen LogP contribution in [-0.4, -0.2) is 11.2 Å². The lowest BCUT2D eigenvalue weighted by atomic mass is 9.49. The van der Waals surface area contributed by atoms with Crippen LogP contribution in [-0.2, 0) is 0 Å². The van der Waals surface area contributed by atoms with Gasteiger partial charge in [0.2, 0.25) is 0 Å². The van der Waals surface area contributed by atoms with E-state index in [4.69, 9.17) is 0 Å². The summed E-state index contributed by atoms with van der Waals surface area (Å²) in [5.41, 5.74) is 0.447. The first-order chi connectivity index (χ1) is 11.0. The predicted octanol–water partition coefficient (Wildman–Crippen LogP) is 5.66. The molecule has 0 aromatic rings. The van der Waals surface area contributed by atoms with Gasteiger partial charge in [0.05, 0.1) is 6.10 Å². The number of hydrogen-bond acceptors (Lipinski definition) is 1. The number of aliphatic hydroxyl groups is 1. The minimum atomic E-state index is -0.0992. The lowest BCUT2D eigenvalue weighted by molar-refractivity contribution is -0.0821. The van der Waals surface area contributed by atoms with Gasteiger partial charge in [0.15, 0.2) is 0 Å². The minimum Gasteiger partial charge on any atom is -0.393 e. The lowest BCUT2D eigenvalue weighted by Crippen LogP contribution is -2.49. The molecule has 4 fully saturated rings. The Morgan fingerprint density at radius 3 is 2.48 bits per heavy atom. The van der Waals surface area contributed by atoms with E-state index in [0.29, 0.717) is 11.3 Å². The van der Waals surface area contributed by atoms with Crippen LogP contribution in [0.4, 0.5) is 0 Å². The monoisotopic (exact) mass is 318 g/mol. The summed E-state index contributed by atoms with van der Waals surface area (Å²) in [6.07, 6.45) is 14.5. The molecule has 0 amide bonds. The standard InChI is InChI=1S/C22H38O/c1-4-15-5-7-17-16(13-15)6-8-19-18(17)11-12-22(3)20(14(2)23)9-10-21(19)22/h14-21,23H,4-13H2,1-3H3/t14?,15-,16?,17?,18?,19?,20?,21?,22?/m0/s1. The van der Waals surface area contributed by atoms with Crippen molar-refractivity contribution in [3.63, 3.8) is 0 Å². The summed E-state index contributed by atoms with van der Waals surface area (Å²) in [5, 5.41) is 10.3. The van der Waals surface area contributed by atoms with Crippen molar-refractivity contribution in [2.45, 2.75) is 91.1 Å². The van der Waals surface area contributed by atoms with Crippen LogP contribution in [0, 0.1) is 46.8 Å². The van der Waals surface area contributed by atoms with E-state index in [1.807, 2.05) is 6.92 Å². The highest BCUT2D eigenvalue weighted by Crippen LogP contribution is 2.64. The van der Waals surface area contributed by atoms with Gasteiger partial charge in [-0.2, -0.15) is 0 Å². The van der Waals surface area contributed by atoms with Crippen molar-refractivity contribution in [1.29, 1.82) is 0 Å². The summed E-state index contributed by atoms with van der Waals surface area (Å²) in [4.78, 5) is 0. The van der Waals surface area contributed by atoms with Gasteiger partial charge < -0.3 is 5.11 Å². The first-order valence-corrected chi connectivity index (χ1v) is 10.7. The Hall–Kier alpha value is -0.0400. The molecule has 4 aliphatic carbocycles. The summed E-state index contributed by atoms with van der Waals surface area (Å²) in [6, 6.07) is 0. The molecule has 0 heterocycles. The largest absolute Gasteiger partial charge is 0.393 e. The molecule has 4 rings (SSSR count). The van der Waals surface area contributed by atoms with E-state index in [0.717, 1.165) is 35.5 Å². The normalized spacial score (nSPS) is 54.0. The lowest BCUT2D eigenvalue weighted by Gasteiger charge is -2.56. The predicted molar refractivity (Wildman–Crippen MR) is 96.1 cm³/mol. The molecule has 8 unspecified atom stereocenters. The second-order valence-electron chi connectivity index (χ2n) is 9.99. The SMILES string of the molecule is CC[C@H]1CCC2C(CCC3C2CCC2(C)C(C(C)O)CCC32)C1. The third-order valence-electron chi connectivity index (χ3n) is 9.30. The second-order valence-corrected chi connectivity index (χ2v) is 9.99. The number of hydrogen-bond donors (Lipinski definition) is 1. The highest BCUT2D eigenvalue weighted by atomic mass is 16.3. The van der Waals surface area contributed by atoms with E-state index in [2.05, 4.69) is 13.8 Å². The fourth-order valence-corrected chi connectivity index (χ4v) is 8.15. The van der Waals surface area contributed by atoms with E-state index in [1.54, 1.807) is 6.42 Å². The molecule has 23 heavy (non-hydrogen) atoms. The minimum absolute atomic E-state index is 0.0992. The fraction of sp³-hybridized carbons (Fsp3) is 1.00. The Bertz CT molecular complexity index is 430. The Labute approximate surface area is 143 Å². The molecule has 1 nitrogen and oxygen atoms in total. The summed E-state index contributed by atoms with van der Waals surface area (Å²) >= 11 is 0. The first-order valence-electron chi connectivity index (χ1n) is 10.7. The zero-order chi connectivity index (χ0) is 16.2. The van der Waals surface area contributed by atoms with Crippen molar-refractivity contribution in [2.24, 2.45) is 46.8 Å². The molecule has 4 aliphatic rings. The maximum Gasteiger partial charge on any atom is 0.0545 e. The molecule has 1 N–H and O–H groups in total. The summed E-state index contributed by atoms with van der Waals surface area (Å²) in [5.74, 6) is 6.69. The van der Waals surface area contributed by atoms with Gasteiger partial charge in [-0.25, -0.2) is 0 Å².